The minimum atomic E-state index is -0.0349. The van der Waals surface area contributed by atoms with Gasteiger partial charge in [0.15, 0.2) is 5.13 Å². The number of aromatic nitrogens is 1. The zero-order valence-electron chi connectivity index (χ0n) is 16.2. The SMILES string of the molecule is CSc1ccc(C(=O)N(CCN(C)C)c2nc3c(C)cc(Cl)cc3s2)cc1.Cl. The molecule has 0 unspecified atom stereocenters. The summed E-state index contributed by atoms with van der Waals surface area (Å²) in [4.78, 5) is 22.9. The van der Waals surface area contributed by atoms with Crippen molar-refractivity contribution in [1.82, 2.24) is 9.88 Å². The van der Waals surface area contributed by atoms with Gasteiger partial charge in [-0.05, 0) is 69.2 Å². The fourth-order valence-electron chi connectivity index (χ4n) is 2.73. The molecule has 1 heterocycles. The normalized spacial score (nSPS) is 10.9. The Bertz CT molecular complexity index is 958. The van der Waals surface area contributed by atoms with E-state index in [1.165, 1.54) is 11.3 Å². The Hall–Kier alpha value is -1.31. The van der Waals surface area contributed by atoms with Gasteiger partial charge in [-0.25, -0.2) is 4.98 Å². The third kappa shape index (κ3) is 5.19. The van der Waals surface area contributed by atoms with Crippen LogP contribution in [0.2, 0.25) is 5.02 Å². The Labute approximate surface area is 185 Å². The fraction of sp³-hybridized carbons (Fsp3) is 0.300. The van der Waals surface area contributed by atoms with Crippen molar-refractivity contribution in [2.24, 2.45) is 0 Å². The molecule has 0 saturated heterocycles. The molecule has 8 heteroatoms. The maximum absolute atomic E-state index is 13.2. The van der Waals surface area contributed by atoms with Crippen molar-refractivity contribution in [2.45, 2.75) is 11.8 Å². The average Bonchev–Trinajstić information content (AvgIpc) is 3.05. The highest BCUT2D eigenvalue weighted by atomic mass is 35.5. The predicted molar refractivity (Wildman–Crippen MR) is 125 cm³/mol. The number of carbonyl (C=O) groups is 1. The first-order chi connectivity index (χ1) is 12.9. The van der Waals surface area contributed by atoms with Gasteiger partial charge >= 0.3 is 0 Å². The van der Waals surface area contributed by atoms with Crippen molar-refractivity contribution in [3.05, 3.63) is 52.5 Å². The Morgan fingerprint density at radius 1 is 1.18 bits per heavy atom. The van der Waals surface area contributed by atoms with Crippen molar-refractivity contribution >= 4 is 68.4 Å². The van der Waals surface area contributed by atoms with Gasteiger partial charge in [0.2, 0.25) is 0 Å². The summed E-state index contributed by atoms with van der Waals surface area (Å²) in [6, 6.07) is 11.5. The van der Waals surface area contributed by atoms with Crippen LogP contribution in [0.3, 0.4) is 0 Å². The molecule has 0 saturated carbocycles. The molecule has 0 aliphatic rings. The summed E-state index contributed by atoms with van der Waals surface area (Å²) in [5.41, 5.74) is 2.59. The second-order valence-corrected chi connectivity index (χ2v) is 8.88. The molecular weight excluding hydrogens is 433 g/mol. The summed E-state index contributed by atoms with van der Waals surface area (Å²) in [6.45, 7) is 3.32. The zero-order chi connectivity index (χ0) is 19.6. The highest BCUT2D eigenvalue weighted by Crippen LogP contribution is 2.33. The van der Waals surface area contributed by atoms with E-state index < -0.39 is 0 Å². The van der Waals surface area contributed by atoms with E-state index in [0.29, 0.717) is 22.3 Å². The van der Waals surface area contributed by atoms with E-state index in [9.17, 15) is 4.79 Å². The van der Waals surface area contributed by atoms with E-state index in [1.807, 2.05) is 63.7 Å². The number of thiazole rings is 1. The van der Waals surface area contributed by atoms with Crippen molar-refractivity contribution in [3.8, 4) is 0 Å². The quantitative estimate of drug-likeness (QED) is 0.452. The zero-order valence-corrected chi connectivity index (χ0v) is 19.4. The van der Waals surface area contributed by atoms with Gasteiger partial charge in [0.25, 0.3) is 5.91 Å². The minimum absolute atomic E-state index is 0. The van der Waals surface area contributed by atoms with Crippen molar-refractivity contribution < 1.29 is 4.79 Å². The third-order valence-electron chi connectivity index (χ3n) is 4.22. The lowest BCUT2D eigenvalue weighted by Crippen LogP contribution is -2.36. The van der Waals surface area contributed by atoms with E-state index in [4.69, 9.17) is 16.6 Å². The molecule has 28 heavy (non-hydrogen) atoms. The average molecular weight is 456 g/mol. The van der Waals surface area contributed by atoms with Gasteiger partial charge in [0.05, 0.1) is 10.2 Å². The van der Waals surface area contributed by atoms with Crippen molar-refractivity contribution in [2.75, 3.05) is 38.3 Å². The third-order valence-corrected chi connectivity index (χ3v) is 6.21. The number of aryl methyl sites for hydroxylation is 1. The number of fused-ring (bicyclic) bond motifs is 1. The highest BCUT2D eigenvalue weighted by Gasteiger charge is 2.22. The monoisotopic (exact) mass is 455 g/mol. The van der Waals surface area contributed by atoms with Gasteiger partial charge in [-0.15, -0.1) is 24.2 Å². The first-order valence-electron chi connectivity index (χ1n) is 8.56. The van der Waals surface area contributed by atoms with Crippen LogP contribution in [0, 0.1) is 6.92 Å². The highest BCUT2D eigenvalue weighted by molar-refractivity contribution is 7.98. The van der Waals surface area contributed by atoms with Crippen LogP contribution in [-0.2, 0) is 0 Å². The van der Waals surface area contributed by atoms with Gasteiger partial charge in [0.1, 0.15) is 0 Å². The number of amides is 1. The Morgan fingerprint density at radius 3 is 2.46 bits per heavy atom. The summed E-state index contributed by atoms with van der Waals surface area (Å²) in [7, 11) is 4.00. The number of hydrogen-bond acceptors (Lipinski definition) is 5. The second kappa shape index (κ2) is 9.94. The number of rotatable bonds is 6. The maximum Gasteiger partial charge on any atom is 0.260 e. The van der Waals surface area contributed by atoms with E-state index in [1.54, 1.807) is 16.7 Å². The summed E-state index contributed by atoms with van der Waals surface area (Å²) >= 11 is 9.35. The molecule has 2 aromatic carbocycles. The molecule has 150 valence electrons. The molecule has 3 rings (SSSR count). The standard InChI is InChI=1S/C20H22ClN3OS2.ClH/c1-13-11-15(21)12-17-18(13)22-20(27-17)24(10-9-23(2)3)19(25)14-5-7-16(26-4)8-6-14;/h5-8,11-12H,9-10H2,1-4H3;1H. The fourth-order valence-corrected chi connectivity index (χ4v) is 4.58. The second-order valence-electron chi connectivity index (χ2n) is 6.55. The summed E-state index contributed by atoms with van der Waals surface area (Å²) < 4.78 is 0.996. The van der Waals surface area contributed by atoms with Crippen LogP contribution in [0.5, 0.6) is 0 Å². The lowest BCUT2D eigenvalue weighted by atomic mass is 10.2. The molecule has 0 radical (unpaired) electrons. The summed E-state index contributed by atoms with van der Waals surface area (Å²) in [5.74, 6) is -0.0349. The van der Waals surface area contributed by atoms with Crippen LogP contribution >= 0.6 is 47.1 Å². The summed E-state index contributed by atoms with van der Waals surface area (Å²) in [6.07, 6.45) is 2.02. The lowest BCUT2D eigenvalue weighted by molar-refractivity contribution is 0.0985. The predicted octanol–water partition coefficient (Wildman–Crippen LogP) is 5.61. The molecule has 0 spiro atoms. The number of anilines is 1. The number of hydrogen-bond donors (Lipinski definition) is 0. The number of halogens is 2. The number of thioether (sulfide) groups is 1. The van der Waals surface area contributed by atoms with E-state index in [2.05, 4.69) is 4.90 Å². The smallest absolute Gasteiger partial charge is 0.260 e. The molecule has 0 bridgehead atoms. The molecule has 0 atom stereocenters. The van der Waals surface area contributed by atoms with Gasteiger partial charge in [0, 0.05) is 28.6 Å². The number of benzene rings is 2. The molecule has 0 N–H and O–H groups in total. The van der Waals surface area contributed by atoms with E-state index in [-0.39, 0.29) is 18.3 Å². The first kappa shape index (κ1) is 23.0. The van der Waals surface area contributed by atoms with Crippen LogP contribution in [0.15, 0.2) is 41.3 Å². The van der Waals surface area contributed by atoms with Crippen LogP contribution in [0.25, 0.3) is 10.2 Å². The Kier molecular flexibility index (Phi) is 8.16. The number of likely N-dealkylation sites (N-methyl/N-ethyl adjacent to an activating group) is 1. The molecule has 0 fully saturated rings. The summed E-state index contributed by atoms with van der Waals surface area (Å²) in [5, 5.41) is 1.39. The van der Waals surface area contributed by atoms with Crippen LogP contribution < -0.4 is 4.90 Å². The van der Waals surface area contributed by atoms with E-state index >= 15 is 0 Å². The van der Waals surface area contributed by atoms with Crippen molar-refractivity contribution in [3.63, 3.8) is 0 Å². The molecule has 1 aromatic heterocycles. The molecule has 3 aromatic rings. The largest absolute Gasteiger partial charge is 0.308 e. The van der Waals surface area contributed by atoms with Gasteiger partial charge in [-0.3, -0.25) is 9.69 Å². The topological polar surface area (TPSA) is 36.4 Å². The Morgan fingerprint density at radius 2 is 1.86 bits per heavy atom. The minimum Gasteiger partial charge on any atom is -0.308 e. The maximum atomic E-state index is 13.2. The molecule has 0 aliphatic carbocycles. The molecule has 4 nitrogen and oxygen atoms in total. The molecular formula is C20H23Cl2N3OS2. The lowest BCUT2D eigenvalue weighted by Gasteiger charge is -2.22. The number of carbonyl (C=O) groups excluding carboxylic acids is 1. The number of nitrogens with zero attached hydrogens (tertiary/aromatic N) is 3. The van der Waals surface area contributed by atoms with Crippen LogP contribution in [0.1, 0.15) is 15.9 Å². The molecule has 1 amide bonds. The van der Waals surface area contributed by atoms with Crippen molar-refractivity contribution in [1.29, 1.82) is 0 Å². The Balaban J connectivity index is 0.00000280. The van der Waals surface area contributed by atoms with Crippen LogP contribution in [0.4, 0.5) is 5.13 Å². The van der Waals surface area contributed by atoms with Crippen LogP contribution in [-0.4, -0.2) is 49.2 Å². The van der Waals surface area contributed by atoms with Gasteiger partial charge in [-0.1, -0.05) is 22.9 Å². The van der Waals surface area contributed by atoms with E-state index in [0.717, 1.165) is 27.2 Å². The van der Waals surface area contributed by atoms with Gasteiger partial charge in [-0.2, -0.15) is 0 Å². The van der Waals surface area contributed by atoms with Gasteiger partial charge < -0.3 is 4.90 Å². The molecule has 0 aliphatic heterocycles. The first-order valence-corrected chi connectivity index (χ1v) is 11.0.